The largest absolute Gasteiger partial charge is 0.497 e. The van der Waals surface area contributed by atoms with Crippen molar-refractivity contribution >= 4 is 11.6 Å². The van der Waals surface area contributed by atoms with E-state index < -0.39 is 0 Å². The summed E-state index contributed by atoms with van der Waals surface area (Å²) < 4.78 is 10.6. The summed E-state index contributed by atoms with van der Waals surface area (Å²) in [6, 6.07) is 18.0. The van der Waals surface area contributed by atoms with Gasteiger partial charge < -0.3 is 9.47 Å². The molecule has 0 N–H and O–H groups in total. The predicted octanol–water partition coefficient (Wildman–Crippen LogP) is 3.10. The molecule has 1 fully saturated rings. The van der Waals surface area contributed by atoms with Gasteiger partial charge in [-0.15, -0.1) is 0 Å². The van der Waals surface area contributed by atoms with Crippen molar-refractivity contribution in [3.05, 3.63) is 65.7 Å². The number of benzene rings is 2. The van der Waals surface area contributed by atoms with Crippen molar-refractivity contribution in [1.29, 1.82) is 0 Å². The molecule has 1 saturated heterocycles. The molecule has 0 bridgehead atoms. The van der Waals surface area contributed by atoms with Crippen molar-refractivity contribution in [2.45, 2.75) is 18.9 Å². The highest BCUT2D eigenvalue weighted by Crippen LogP contribution is 2.33. The first-order valence-electron chi connectivity index (χ1n) is 10.1. The molecule has 6 nitrogen and oxygen atoms in total. The molecule has 4 rings (SSSR count). The van der Waals surface area contributed by atoms with Crippen molar-refractivity contribution in [2.24, 2.45) is 5.10 Å². The molecule has 2 aliphatic rings. The average Bonchev–Trinajstić information content (AvgIpc) is 3.24. The fraction of sp³-hybridized carbons (Fsp3) is 0.391. The fourth-order valence-electron chi connectivity index (χ4n) is 3.83. The van der Waals surface area contributed by atoms with E-state index in [1.807, 2.05) is 42.5 Å². The molecule has 0 saturated carbocycles. The van der Waals surface area contributed by atoms with Crippen LogP contribution in [0.5, 0.6) is 5.75 Å². The van der Waals surface area contributed by atoms with Crippen LogP contribution in [0.2, 0.25) is 0 Å². The first kappa shape index (κ1) is 19.6. The Morgan fingerprint density at radius 2 is 1.83 bits per heavy atom. The summed E-state index contributed by atoms with van der Waals surface area (Å²) in [5.41, 5.74) is 3.07. The molecule has 2 aromatic carbocycles. The van der Waals surface area contributed by atoms with Crippen LogP contribution in [0.15, 0.2) is 59.7 Å². The lowest BCUT2D eigenvalue weighted by Gasteiger charge is -2.27. The molecule has 0 radical (unpaired) electrons. The maximum atomic E-state index is 13.1. The first-order valence-corrected chi connectivity index (χ1v) is 10.1. The van der Waals surface area contributed by atoms with Crippen LogP contribution < -0.4 is 4.74 Å². The van der Waals surface area contributed by atoms with Gasteiger partial charge in [0, 0.05) is 32.5 Å². The third-order valence-electron chi connectivity index (χ3n) is 5.52. The van der Waals surface area contributed by atoms with Crippen molar-refractivity contribution in [3.8, 4) is 5.75 Å². The number of hydrazone groups is 1. The summed E-state index contributed by atoms with van der Waals surface area (Å²) >= 11 is 0. The van der Waals surface area contributed by atoms with Gasteiger partial charge in [-0.2, -0.15) is 5.10 Å². The maximum Gasteiger partial charge on any atom is 0.244 e. The number of carbonyl (C=O) groups excluding carboxylic acids is 1. The number of hydrogen-bond donors (Lipinski definition) is 0. The van der Waals surface area contributed by atoms with Gasteiger partial charge in [-0.25, -0.2) is 5.01 Å². The van der Waals surface area contributed by atoms with Gasteiger partial charge in [0.05, 0.1) is 32.1 Å². The number of ether oxygens (including phenoxy) is 2. The summed E-state index contributed by atoms with van der Waals surface area (Å²) in [4.78, 5) is 15.4. The zero-order chi connectivity index (χ0) is 20.1. The Morgan fingerprint density at radius 1 is 1.10 bits per heavy atom. The van der Waals surface area contributed by atoms with E-state index in [1.54, 1.807) is 12.1 Å². The molecule has 1 atom stereocenters. The van der Waals surface area contributed by atoms with Gasteiger partial charge in [-0.1, -0.05) is 30.3 Å². The Balaban J connectivity index is 1.52. The number of morpholine rings is 1. The Kier molecular flexibility index (Phi) is 6.22. The molecule has 0 unspecified atom stereocenters. The number of hydrogen-bond acceptors (Lipinski definition) is 5. The number of carbonyl (C=O) groups is 1. The van der Waals surface area contributed by atoms with Gasteiger partial charge in [-0.3, -0.25) is 9.69 Å². The Labute approximate surface area is 171 Å². The monoisotopic (exact) mass is 393 g/mol. The minimum atomic E-state index is -0.0644. The molecular weight excluding hydrogens is 366 g/mol. The molecule has 2 aliphatic heterocycles. The van der Waals surface area contributed by atoms with Crippen molar-refractivity contribution < 1.29 is 14.3 Å². The first-order chi connectivity index (χ1) is 14.2. The second kappa shape index (κ2) is 9.20. The number of methoxy groups -OCH3 is 1. The van der Waals surface area contributed by atoms with E-state index in [-0.39, 0.29) is 11.9 Å². The molecule has 0 aromatic heterocycles. The zero-order valence-electron chi connectivity index (χ0n) is 16.8. The Morgan fingerprint density at radius 3 is 2.52 bits per heavy atom. The SMILES string of the molecule is COc1ccc(C2=NN(C(=O)CCN3CCOCC3)[C@@H](c3ccccc3)C2)cc1. The predicted molar refractivity (Wildman–Crippen MR) is 112 cm³/mol. The fourth-order valence-corrected chi connectivity index (χ4v) is 3.83. The lowest BCUT2D eigenvalue weighted by Crippen LogP contribution is -2.39. The average molecular weight is 393 g/mol. The summed E-state index contributed by atoms with van der Waals surface area (Å²) in [6.07, 6.45) is 1.17. The van der Waals surface area contributed by atoms with Crippen LogP contribution >= 0.6 is 0 Å². The highest BCUT2D eigenvalue weighted by atomic mass is 16.5. The normalized spacial score (nSPS) is 19.8. The van der Waals surface area contributed by atoms with E-state index in [0.29, 0.717) is 12.8 Å². The van der Waals surface area contributed by atoms with Crippen LogP contribution in [0.25, 0.3) is 0 Å². The number of amides is 1. The molecule has 2 heterocycles. The van der Waals surface area contributed by atoms with E-state index in [4.69, 9.17) is 14.6 Å². The zero-order valence-corrected chi connectivity index (χ0v) is 16.8. The van der Waals surface area contributed by atoms with Gasteiger partial charge in [0.2, 0.25) is 5.91 Å². The van der Waals surface area contributed by atoms with Crippen LogP contribution in [0.4, 0.5) is 0 Å². The highest BCUT2D eigenvalue weighted by molar-refractivity contribution is 6.03. The van der Waals surface area contributed by atoms with E-state index in [2.05, 4.69) is 17.0 Å². The standard InChI is InChI=1S/C23H27N3O3/c1-28-20-9-7-18(8-10-20)21-17-22(19-5-3-2-4-6-19)26(24-21)23(27)11-12-25-13-15-29-16-14-25/h2-10,22H,11-17H2,1H3/t22-/m1/s1. The number of rotatable bonds is 6. The molecule has 6 heteroatoms. The topological polar surface area (TPSA) is 54.4 Å². The smallest absolute Gasteiger partial charge is 0.244 e. The van der Waals surface area contributed by atoms with Crippen LogP contribution in [0, 0.1) is 0 Å². The molecule has 2 aromatic rings. The third kappa shape index (κ3) is 4.66. The van der Waals surface area contributed by atoms with Crippen molar-refractivity contribution in [2.75, 3.05) is 40.0 Å². The summed E-state index contributed by atoms with van der Waals surface area (Å²) in [6.45, 7) is 3.99. The second-order valence-electron chi connectivity index (χ2n) is 7.35. The summed E-state index contributed by atoms with van der Waals surface area (Å²) in [5.74, 6) is 0.874. The molecule has 0 spiro atoms. The quantitative estimate of drug-likeness (QED) is 0.757. The number of nitrogens with zero attached hydrogens (tertiary/aromatic N) is 3. The Hall–Kier alpha value is -2.70. The van der Waals surface area contributed by atoms with Gasteiger partial charge in [0.15, 0.2) is 0 Å². The molecule has 1 amide bonds. The van der Waals surface area contributed by atoms with Crippen molar-refractivity contribution in [3.63, 3.8) is 0 Å². The minimum Gasteiger partial charge on any atom is -0.497 e. The van der Waals surface area contributed by atoms with Gasteiger partial charge in [-0.05, 0) is 35.4 Å². The van der Waals surface area contributed by atoms with Crippen LogP contribution in [-0.4, -0.2) is 61.5 Å². The molecule has 29 heavy (non-hydrogen) atoms. The van der Waals surface area contributed by atoms with E-state index in [9.17, 15) is 4.79 Å². The second-order valence-corrected chi connectivity index (χ2v) is 7.35. The van der Waals surface area contributed by atoms with Crippen molar-refractivity contribution in [1.82, 2.24) is 9.91 Å². The molecular formula is C23H27N3O3. The molecule has 152 valence electrons. The summed E-state index contributed by atoms with van der Waals surface area (Å²) in [7, 11) is 1.66. The Bertz CT molecular complexity index is 845. The van der Waals surface area contributed by atoms with Crippen LogP contribution in [0.3, 0.4) is 0 Å². The van der Waals surface area contributed by atoms with Gasteiger partial charge in [0.1, 0.15) is 5.75 Å². The van der Waals surface area contributed by atoms with E-state index in [0.717, 1.165) is 55.4 Å². The lowest BCUT2D eigenvalue weighted by atomic mass is 9.98. The maximum absolute atomic E-state index is 13.1. The van der Waals surface area contributed by atoms with E-state index >= 15 is 0 Å². The van der Waals surface area contributed by atoms with Crippen LogP contribution in [0.1, 0.15) is 30.0 Å². The van der Waals surface area contributed by atoms with Gasteiger partial charge in [0.25, 0.3) is 0 Å². The highest BCUT2D eigenvalue weighted by Gasteiger charge is 2.33. The minimum absolute atomic E-state index is 0.0638. The lowest BCUT2D eigenvalue weighted by molar-refractivity contribution is -0.133. The van der Waals surface area contributed by atoms with Gasteiger partial charge >= 0.3 is 0 Å². The van der Waals surface area contributed by atoms with Crippen LogP contribution in [-0.2, 0) is 9.53 Å². The summed E-state index contributed by atoms with van der Waals surface area (Å²) in [5, 5.41) is 6.44. The molecule has 0 aliphatic carbocycles. The third-order valence-corrected chi connectivity index (χ3v) is 5.52. The van der Waals surface area contributed by atoms with E-state index in [1.165, 1.54) is 0 Å².